The zero-order valence-electron chi connectivity index (χ0n) is 11.9. The van der Waals surface area contributed by atoms with Crippen LogP contribution in [0.3, 0.4) is 0 Å². The summed E-state index contributed by atoms with van der Waals surface area (Å²) in [6.45, 7) is 2.12. The minimum Gasteiger partial charge on any atom is -0.744 e. The molecule has 0 fully saturated rings. The van der Waals surface area contributed by atoms with Gasteiger partial charge in [-0.3, -0.25) is 0 Å². The number of benzene rings is 2. The van der Waals surface area contributed by atoms with Crippen LogP contribution in [-0.2, 0) is 16.5 Å². The van der Waals surface area contributed by atoms with Crippen LogP contribution in [0.5, 0.6) is 0 Å². The van der Waals surface area contributed by atoms with E-state index in [0.29, 0.717) is 5.39 Å². The molecular weight excluding hydrogens is 283 g/mol. The molecule has 0 radical (unpaired) electrons. The van der Waals surface area contributed by atoms with Crippen LogP contribution < -0.4 is 29.6 Å². The predicted octanol–water partition coefficient (Wildman–Crippen LogP) is 0.481. The molecule has 0 saturated heterocycles. The number of unbranched alkanes of at least 4 members (excludes halogenated alkanes) is 2. The van der Waals surface area contributed by atoms with Crippen LogP contribution in [-0.4, -0.2) is 13.0 Å². The summed E-state index contributed by atoms with van der Waals surface area (Å²) in [5, 5.41) is 1.40. The second kappa shape index (κ2) is 7.57. The largest absolute Gasteiger partial charge is 1.00 e. The molecule has 0 atom stereocenters. The number of hydrogen-bond acceptors (Lipinski definition) is 3. The Morgan fingerprint density at radius 2 is 1.70 bits per heavy atom. The first kappa shape index (κ1) is 17.7. The molecule has 0 unspecified atom stereocenters. The SMILES string of the molecule is CCCCCc1cccc2cccc(S(=O)(=O)[O-])c12.[Na+]. The quantitative estimate of drug-likeness (QED) is 0.458. The van der Waals surface area contributed by atoms with Crippen molar-refractivity contribution in [3.05, 3.63) is 42.0 Å². The van der Waals surface area contributed by atoms with Gasteiger partial charge in [0.05, 0.1) is 4.90 Å². The normalized spacial score (nSPS) is 11.3. The van der Waals surface area contributed by atoms with E-state index < -0.39 is 10.1 Å². The molecule has 0 aliphatic heterocycles. The van der Waals surface area contributed by atoms with E-state index >= 15 is 0 Å². The van der Waals surface area contributed by atoms with Crippen molar-refractivity contribution < 1.29 is 42.5 Å². The van der Waals surface area contributed by atoms with E-state index in [9.17, 15) is 13.0 Å². The third-order valence-corrected chi connectivity index (χ3v) is 4.15. The second-order valence-electron chi connectivity index (χ2n) is 4.68. The third-order valence-electron chi connectivity index (χ3n) is 3.27. The van der Waals surface area contributed by atoms with Crippen molar-refractivity contribution >= 4 is 20.9 Å². The van der Waals surface area contributed by atoms with Crippen LogP contribution in [0.1, 0.15) is 31.7 Å². The molecule has 2 rings (SSSR count). The molecule has 0 aliphatic rings. The first-order chi connectivity index (χ1) is 9.04. The molecule has 0 bridgehead atoms. The van der Waals surface area contributed by atoms with Crippen molar-refractivity contribution in [3.8, 4) is 0 Å². The molecular formula is C15H17NaO3S. The number of rotatable bonds is 5. The van der Waals surface area contributed by atoms with Crippen LogP contribution in [0.15, 0.2) is 41.3 Å². The van der Waals surface area contributed by atoms with Crippen LogP contribution >= 0.6 is 0 Å². The molecule has 0 saturated carbocycles. The molecule has 20 heavy (non-hydrogen) atoms. The Hall–Kier alpha value is -0.390. The van der Waals surface area contributed by atoms with Gasteiger partial charge in [-0.05, 0) is 29.9 Å². The molecule has 0 amide bonds. The van der Waals surface area contributed by atoms with Gasteiger partial charge in [0, 0.05) is 5.39 Å². The third kappa shape index (κ3) is 4.06. The Bertz CT molecular complexity index is 675. The van der Waals surface area contributed by atoms with Gasteiger partial charge in [0.2, 0.25) is 0 Å². The zero-order chi connectivity index (χ0) is 13.9. The average Bonchev–Trinajstić information content (AvgIpc) is 2.37. The monoisotopic (exact) mass is 300 g/mol. The molecule has 3 nitrogen and oxygen atoms in total. The van der Waals surface area contributed by atoms with Crippen molar-refractivity contribution in [3.63, 3.8) is 0 Å². The minimum absolute atomic E-state index is 0. The summed E-state index contributed by atoms with van der Waals surface area (Å²) >= 11 is 0. The summed E-state index contributed by atoms with van der Waals surface area (Å²) < 4.78 is 34.1. The summed E-state index contributed by atoms with van der Waals surface area (Å²) in [7, 11) is -4.43. The Morgan fingerprint density at radius 3 is 2.30 bits per heavy atom. The Morgan fingerprint density at radius 1 is 1.05 bits per heavy atom. The van der Waals surface area contributed by atoms with Crippen molar-refractivity contribution in [1.29, 1.82) is 0 Å². The summed E-state index contributed by atoms with van der Waals surface area (Å²) in [4.78, 5) is -0.0999. The molecule has 2 aromatic carbocycles. The molecule has 0 heterocycles. The van der Waals surface area contributed by atoms with Gasteiger partial charge in [-0.2, -0.15) is 0 Å². The fourth-order valence-electron chi connectivity index (χ4n) is 2.36. The Kier molecular flexibility index (Phi) is 6.69. The van der Waals surface area contributed by atoms with E-state index in [1.165, 1.54) is 6.07 Å². The maximum atomic E-state index is 11.4. The van der Waals surface area contributed by atoms with Gasteiger partial charge >= 0.3 is 29.6 Å². The summed E-state index contributed by atoms with van der Waals surface area (Å²) in [6.07, 6.45) is 4.01. The van der Waals surface area contributed by atoms with Gasteiger partial charge in [0.25, 0.3) is 0 Å². The van der Waals surface area contributed by atoms with E-state index in [-0.39, 0.29) is 34.5 Å². The van der Waals surface area contributed by atoms with E-state index in [4.69, 9.17) is 0 Å². The summed E-state index contributed by atoms with van der Waals surface area (Å²) in [5.41, 5.74) is 0.945. The van der Waals surface area contributed by atoms with Gasteiger partial charge in [-0.1, -0.05) is 50.1 Å². The van der Waals surface area contributed by atoms with Gasteiger partial charge in [0.1, 0.15) is 10.1 Å². The maximum absolute atomic E-state index is 11.4. The van der Waals surface area contributed by atoms with Crippen LogP contribution in [0, 0.1) is 0 Å². The summed E-state index contributed by atoms with van der Waals surface area (Å²) in [5.74, 6) is 0. The van der Waals surface area contributed by atoms with Crippen molar-refractivity contribution in [1.82, 2.24) is 0 Å². The van der Waals surface area contributed by atoms with Crippen LogP contribution in [0.2, 0.25) is 0 Å². The van der Waals surface area contributed by atoms with Crippen molar-refractivity contribution in [2.45, 2.75) is 37.5 Å². The standard InChI is InChI=1S/C15H18O3S.Na/c1-2-3-4-7-12-8-5-9-13-10-6-11-14(15(12)13)19(16,17)18;/h5-6,8-11H,2-4,7H2,1H3,(H,16,17,18);/q;+1/p-1. The van der Waals surface area contributed by atoms with Crippen molar-refractivity contribution in [2.75, 3.05) is 0 Å². The number of hydrogen-bond donors (Lipinski definition) is 0. The molecule has 0 aliphatic carbocycles. The first-order valence-corrected chi connectivity index (χ1v) is 7.91. The maximum Gasteiger partial charge on any atom is 1.00 e. The fourth-order valence-corrected chi connectivity index (χ4v) is 3.11. The van der Waals surface area contributed by atoms with Gasteiger partial charge in [0.15, 0.2) is 0 Å². The van der Waals surface area contributed by atoms with Crippen LogP contribution in [0.25, 0.3) is 10.8 Å². The van der Waals surface area contributed by atoms with E-state index in [2.05, 4.69) is 6.92 Å². The van der Waals surface area contributed by atoms with E-state index in [1.807, 2.05) is 24.3 Å². The smallest absolute Gasteiger partial charge is 0.744 e. The predicted molar refractivity (Wildman–Crippen MR) is 75.1 cm³/mol. The van der Waals surface area contributed by atoms with E-state index in [1.54, 1.807) is 6.07 Å². The molecule has 102 valence electrons. The van der Waals surface area contributed by atoms with Crippen molar-refractivity contribution in [2.24, 2.45) is 0 Å². The molecule has 0 N–H and O–H groups in total. The zero-order valence-corrected chi connectivity index (χ0v) is 14.7. The number of fused-ring (bicyclic) bond motifs is 1. The first-order valence-electron chi connectivity index (χ1n) is 6.50. The molecule has 0 spiro atoms. The van der Waals surface area contributed by atoms with Gasteiger partial charge < -0.3 is 4.55 Å². The topological polar surface area (TPSA) is 57.2 Å². The second-order valence-corrected chi connectivity index (χ2v) is 6.03. The molecule has 0 aromatic heterocycles. The number of aryl methyl sites for hydroxylation is 1. The Balaban J connectivity index is 0.00000200. The van der Waals surface area contributed by atoms with E-state index in [0.717, 1.165) is 36.6 Å². The average molecular weight is 300 g/mol. The van der Waals surface area contributed by atoms with Crippen LogP contribution in [0.4, 0.5) is 0 Å². The van der Waals surface area contributed by atoms with Gasteiger partial charge in [-0.15, -0.1) is 0 Å². The van der Waals surface area contributed by atoms with Gasteiger partial charge in [-0.25, -0.2) is 8.42 Å². The molecule has 5 heteroatoms. The minimum atomic E-state index is -4.43. The Labute approximate surface area is 142 Å². The fraction of sp³-hybridized carbons (Fsp3) is 0.333. The molecule has 2 aromatic rings. The summed E-state index contributed by atoms with van der Waals surface area (Å²) in [6, 6.07) is 10.5.